The van der Waals surface area contributed by atoms with E-state index in [2.05, 4.69) is 0 Å². The fraction of sp³-hybridized carbons (Fsp3) is 1.00. The average Bonchev–Trinajstić information content (AvgIpc) is 2.73. The van der Waals surface area contributed by atoms with Crippen molar-refractivity contribution in [2.24, 2.45) is 0 Å². The normalized spacial score (nSPS) is 51.6. The van der Waals surface area contributed by atoms with Crippen LogP contribution in [0.25, 0.3) is 0 Å². The van der Waals surface area contributed by atoms with E-state index in [-0.39, 0.29) is 12.8 Å². The Balaban J connectivity index is 1.74. The molecule has 0 saturated carbocycles. The van der Waals surface area contributed by atoms with Crippen LogP contribution in [0.5, 0.6) is 0 Å². The quantitative estimate of drug-likeness (QED) is 0.190. The van der Waals surface area contributed by atoms with E-state index in [1.54, 1.807) is 6.92 Å². The highest BCUT2D eigenvalue weighted by Gasteiger charge is 2.49. The van der Waals surface area contributed by atoms with Crippen molar-refractivity contribution in [2.75, 3.05) is 13.2 Å². The number of ether oxygens (including phenoxy) is 5. The van der Waals surface area contributed by atoms with Crippen LogP contribution in [0.4, 0.5) is 0 Å². The molecule has 0 aromatic heterocycles. The van der Waals surface area contributed by atoms with Gasteiger partial charge in [0.2, 0.25) is 0 Å². The monoisotopic (exact) mass is 456 g/mol. The van der Waals surface area contributed by atoms with Gasteiger partial charge in [-0.25, -0.2) is 0 Å². The van der Waals surface area contributed by atoms with E-state index in [0.717, 1.165) is 0 Å². The van der Waals surface area contributed by atoms with E-state index >= 15 is 0 Å². The number of aliphatic hydroxyl groups excluding tert-OH is 8. The van der Waals surface area contributed by atoms with Gasteiger partial charge in [-0.15, -0.1) is 0 Å². The van der Waals surface area contributed by atoms with E-state index in [1.807, 2.05) is 0 Å². The molecule has 3 aliphatic rings. The lowest BCUT2D eigenvalue weighted by molar-refractivity contribution is -0.369. The molecule has 0 aliphatic carbocycles. The highest BCUT2D eigenvalue weighted by Crippen LogP contribution is 2.32. The number of aliphatic hydroxyl groups is 8. The summed E-state index contributed by atoms with van der Waals surface area (Å²) in [5.41, 5.74) is 0. The summed E-state index contributed by atoms with van der Waals surface area (Å²) < 4.78 is 27.5. The van der Waals surface area contributed by atoms with Crippen molar-refractivity contribution in [1.29, 1.82) is 0 Å². The van der Waals surface area contributed by atoms with Gasteiger partial charge in [-0.3, -0.25) is 0 Å². The van der Waals surface area contributed by atoms with E-state index in [0.29, 0.717) is 0 Å². The number of hydrogen-bond donors (Lipinski definition) is 8. The molecule has 0 amide bonds. The Morgan fingerprint density at radius 2 is 1.45 bits per heavy atom. The molecule has 3 aliphatic heterocycles. The zero-order valence-corrected chi connectivity index (χ0v) is 17.0. The second kappa shape index (κ2) is 10.6. The van der Waals surface area contributed by atoms with Gasteiger partial charge >= 0.3 is 0 Å². The van der Waals surface area contributed by atoms with Crippen LogP contribution in [0.2, 0.25) is 0 Å². The topological polar surface area (TPSA) is 208 Å². The van der Waals surface area contributed by atoms with Crippen LogP contribution in [0.3, 0.4) is 0 Å². The first-order chi connectivity index (χ1) is 14.7. The minimum Gasteiger partial charge on any atom is -0.394 e. The Kier molecular flexibility index (Phi) is 8.59. The van der Waals surface area contributed by atoms with Crippen LogP contribution in [-0.2, 0) is 23.7 Å². The maximum atomic E-state index is 10.4. The van der Waals surface area contributed by atoms with Crippen molar-refractivity contribution in [3.63, 3.8) is 0 Å². The van der Waals surface area contributed by atoms with Gasteiger partial charge < -0.3 is 64.5 Å². The minimum atomic E-state index is -1.71. The Bertz CT molecular complexity index is 565. The van der Waals surface area contributed by atoms with Crippen molar-refractivity contribution in [1.82, 2.24) is 0 Å². The van der Waals surface area contributed by atoms with Crippen molar-refractivity contribution >= 4 is 0 Å². The molecule has 31 heavy (non-hydrogen) atoms. The zero-order chi connectivity index (χ0) is 22.9. The van der Waals surface area contributed by atoms with Gasteiger partial charge in [0.15, 0.2) is 18.9 Å². The van der Waals surface area contributed by atoms with Crippen molar-refractivity contribution in [3.05, 3.63) is 0 Å². The van der Waals surface area contributed by atoms with Crippen LogP contribution >= 0.6 is 0 Å². The summed E-state index contributed by atoms with van der Waals surface area (Å²) in [6, 6.07) is 0. The molecule has 182 valence electrons. The van der Waals surface area contributed by atoms with Gasteiger partial charge in [0.1, 0.15) is 36.6 Å². The summed E-state index contributed by atoms with van der Waals surface area (Å²) in [5.74, 6) is 0. The lowest BCUT2D eigenvalue weighted by atomic mass is 9.98. The first-order valence-corrected chi connectivity index (χ1v) is 10.2. The Morgan fingerprint density at radius 1 is 0.742 bits per heavy atom. The van der Waals surface area contributed by atoms with Crippen molar-refractivity contribution < 1.29 is 64.5 Å². The molecule has 8 N–H and O–H groups in total. The lowest BCUT2D eigenvalue weighted by Crippen LogP contribution is -2.62. The maximum absolute atomic E-state index is 10.4. The third-order valence-electron chi connectivity index (χ3n) is 5.81. The van der Waals surface area contributed by atoms with Crippen LogP contribution < -0.4 is 0 Å². The Morgan fingerprint density at radius 3 is 2.10 bits per heavy atom. The van der Waals surface area contributed by atoms with Gasteiger partial charge in [-0.1, -0.05) is 0 Å². The largest absolute Gasteiger partial charge is 0.394 e. The molecule has 13 nitrogen and oxygen atoms in total. The molecule has 3 heterocycles. The molecular weight excluding hydrogens is 424 g/mol. The van der Waals surface area contributed by atoms with Crippen LogP contribution in [0.1, 0.15) is 19.8 Å². The number of rotatable bonds is 6. The van der Waals surface area contributed by atoms with E-state index in [9.17, 15) is 40.9 Å². The fourth-order valence-corrected chi connectivity index (χ4v) is 3.89. The molecule has 0 bridgehead atoms. The summed E-state index contributed by atoms with van der Waals surface area (Å²) in [7, 11) is 0. The lowest BCUT2D eigenvalue weighted by Gasteiger charge is -2.46. The molecule has 13 atom stereocenters. The average molecular weight is 456 g/mol. The van der Waals surface area contributed by atoms with Gasteiger partial charge in [0.05, 0.1) is 37.6 Å². The van der Waals surface area contributed by atoms with E-state index in [1.165, 1.54) is 0 Å². The molecule has 0 radical (unpaired) electrons. The first-order valence-electron chi connectivity index (χ1n) is 10.2. The van der Waals surface area contributed by atoms with E-state index < -0.39 is 93.1 Å². The SMILES string of the molecule is C[C@H]1O[C@H](O[C@H]2C[C@@H](CO)O[C@H](O)[C@H]2O[C@H]2O[C@H](CO)[C@H](O)[C@H](O)[C@H]2O)[C@H](O)C[C@H]1O. The number of hydrogen-bond acceptors (Lipinski definition) is 13. The molecule has 0 spiro atoms. The maximum Gasteiger partial charge on any atom is 0.187 e. The van der Waals surface area contributed by atoms with E-state index in [4.69, 9.17) is 23.7 Å². The molecule has 3 saturated heterocycles. The smallest absolute Gasteiger partial charge is 0.187 e. The second-order valence-corrected chi connectivity index (χ2v) is 8.12. The summed E-state index contributed by atoms with van der Waals surface area (Å²) in [5, 5.41) is 79.3. The Hall–Kier alpha value is -0.520. The standard InChI is InChI=1S/C18H32O13/c1-6-8(21)3-9(22)17(27-6)29-10-2-7(4-19)28-16(26)15(10)31-18-14(25)13(24)12(23)11(5-20)30-18/h6-26H,2-5H2,1H3/t6-,7+,8-,9-,10+,11-,12+,13+,14-,15+,16+,17-,18-/m1/s1. The fourth-order valence-electron chi connectivity index (χ4n) is 3.89. The molecule has 0 aromatic rings. The zero-order valence-electron chi connectivity index (χ0n) is 17.0. The third-order valence-corrected chi connectivity index (χ3v) is 5.81. The molecular formula is C18H32O13. The molecule has 3 rings (SSSR count). The summed E-state index contributed by atoms with van der Waals surface area (Å²) in [6.07, 6.45) is -16.4. The van der Waals surface area contributed by atoms with Gasteiger partial charge in [-0.05, 0) is 6.92 Å². The molecule has 0 unspecified atom stereocenters. The Labute approximate surface area is 178 Å². The summed E-state index contributed by atoms with van der Waals surface area (Å²) in [4.78, 5) is 0. The minimum absolute atomic E-state index is 0.000724. The first kappa shape index (κ1) is 25.1. The highest BCUT2D eigenvalue weighted by atomic mass is 16.8. The van der Waals surface area contributed by atoms with Gasteiger partial charge in [-0.2, -0.15) is 0 Å². The predicted molar refractivity (Wildman–Crippen MR) is 97.1 cm³/mol. The second-order valence-electron chi connectivity index (χ2n) is 8.12. The third kappa shape index (κ3) is 5.52. The van der Waals surface area contributed by atoms with Crippen LogP contribution in [0.15, 0.2) is 0 Å². The van der Waals surface area contributed by atoms with Crippen LogP contribution in [0, 0.1) is 0 Å². The predicted octanol–water partition coefficient (Wildman–Crippen LogP) is -4.49. The summed E-state index contributed by atoms with van der Waals surface area (Å²) >= 11 is 0. The van der Waals surface area contributed by atoms with Crippen molar-refractivity contribution in [2.45, 2.75) is 99.7 Å². The van der Waals surface area contributed by atoms with Gasteiger partial charge in [0, 0.05) is 12.8 Å². The summed E-state index contributed by atoms with van der Waals surface area (Å²) in [6.45, 7) is 0.500. The van der Waals surface area contributed by atoms with Gasteiger partial charge in [0.25, 0.3) is 0 Å². The van der Waals surface area contributed by atoms with Crippen LogP contribution in [-0.4, -0.2) is 134 Å². The molecule has 3 fully saturated rings. The molecule has 13 heteroatoms. The highest BCUT2D eigenvalue weighted by molar-refractivity contribution is 4.91. The van der Waals surface area contributed by atoms with Crippen molar-refractivity contribution in [3.8, 4) is 0 Å². The molecule has 0 aromatic carbocycles.